The van der Waals surface area contributed by atoms with Gasteiger partial charge in [-0.2, -0.15) is 0 Å². The molecule has 2 fully saturated rings. The van der Waals surface area contributed by atoms with Crippen molar-refractivity contribution in [1.82, 2.24) is 0 Å². The lowest BCUT2D eigenvalue weighted by atomic mass is 9.89. The van der Waals surface area contributed by atoms with E-state index in [0.717, 1.165) is 5.92 Å². The van der Waals surface area contributed by atoms with Crippen LogP contribution in [0.15, 0.2) is 24.3 Å². The third kappa shape index (κ3) is 4.04. The molecule has 1 atom stereocenters. The largest absolute Gasteiger partial charge is 0.371 e. The van der Waals surface area contributed by atoms with E-state index < -0.39 is 0 Å². The van der Waals surface area contributed by atoms with E-state index in [9.17, 15) is 0 Å². The van der Waals surface area contributed by atoms with Gasteiger partial charge in [0.25, 0.3) is 0 Å². The molecule has 1 aromatic carbocycles. The van der Waals surface area contributed by atoms with E-state index in [4.69, 9.17) is 5.73 Å². The first kappa shape index (κ1) is 15.9. The van der Waals surface area contributed by atoms with E-state index in [1.54, 1.807) is 0 Å². The maximum absolute atomic E-state index is 6.66. The monoisotopic (exact) mass is 300 g/mol. The number of piperidine rings is 1. The average molecular weight is 300 g/mol. The topological polar surface area (TPSA) is 29.3 Å². The van der Waals surface area contributed by atoms with Gasteiger partial charge in [0, 0.05) is 24.8 Å². The third-order valence-electron chi connectivity index (χ3n) is 5.59. The van der Waals surface area contributed by atoms with Gasteiger partial charge < -0.3 is 10.6 Å². The van der Waals surface area contributed by atoms with E-state index in [2.05, 4.69) is 29.2 Å². The van der Waals surface area contributed by atoms with Gasteiger partial charge in [-0.1, -0.05) is 56.7 Å². The van der Waals surface area contributed by atoms with E-state index >= 15 is 0 Å². The molecule has 0 radical (unpaired) electrons. The second-order valence-electron chi connectivity index (χ2n) is 7.31. The highest BCUT2D eigenvalue weighted by molar-refractivity contribution is 5.55. The van der Waals surface area contributed by atoms with E-state index in [0.29, 0.717) is 0 Å². The predicted octanol–water partition coefficient (Wildman–Crippen LogP) is 5.04. The van der Waals surface area contributed by atoms with Gasteiger partial charge in [-0.25, -0.2) is 0 Å². The summed E-state index contributed by atoms with van der Waals surface area (Å²) in [6, 6.07) is 9.10. The summed E-state index contributed by atoms with van der Waals surface area (Å²) in [5, 5.41) is 0. The second-order valence-corrected chi connectivity index (χ2v) is 7.31. The molecule has 122 valence electrons. The number of benzene rings is 1. The lowest BCUT2D eigenvalue weighted by Gasteiger charge is -2.32. The SMILES string of the molecule is NC(CC1CCCCCC1)c1ccccc1N1CCCCC1. The molecule has 1 saturated carbocycles. The summed E-state index contributed by atoms with van der Waals surface area (Å²) >= 11 is 0. The van der Waals surface area contributed by atoms with E-state index in [-0.39, 0.29) is 6.04 Å². The zero-order valence-corrected chi connectivity index (χ0v) is 14.0. The van der Waals surface area contributed by atoms with Gasteiger partial charge in [0.05, 0.1) is 0 Å². The molecular weight excluding hydrogens is 268 g/mol. The number of para-hydroxylation sites is 1. The molecule has 0 spiro atoms. The van der Waals surface area contributed by atoms with E-state index in [1.165, 1.54) is 88.5 Å². The van der Waals surface area contributed by atoms with Crippen LogP contribution >= 0.6 is 0 Å². The summed E-state index contributed by atoms with van der Waals surface area (Å²) in [4.78, 5) is 2.56. The lowest BCUT2D eigenvalue weighted by Crippen LogP contribution is -2.31. The molecule has 2 heteroatoms. The zero-order chi connectivity index (χ0) is 15.2. The number of hydrogen-bond donors (Lipinski definition) is 1. The molecule has 2 aliphatic rings. The number of anilines is 1. The Balaban J connectivity index is 1.69. The van der Waals surface area contributed by atoms with Crippen LogP contribution in [0.3, 0.4) is 0 Å². The Kier molecular flexibility index (Phi) is 5.77. The van der Waals surface area contributed by atoms with Gasteiger partial charge in [0.2, 0.25) is 0 Å². The molecule has 1 heterocycles. The van der Waals surface area contributed by atoms with Crippen molar-refractivity contribution in [2.45, 2.75) is 70.3 Å². The molecule has 3 rings (SSSR count). The summed E-state index contributed by atoms with van der Waals surface area (Å²) < 4.78 is 0. The minimum absolute atomic E-state index is 0.209. The fourth-order valence-corrected chi connectivity index (χ4v) is 4.31. The highest BCUT2D eigenvalue weighted by Crippen LogP contribution is 2.34. The van der Waals surface area contributed by atoms with Crippen molar-refractivity contribution >= 4 is 5.69 Å². The van der Waals surface area contributed by atoms with Crippen LogP contribution in [0.4, 0.5) is 5.69 Å². The Morgan fingerprint density at radius 3 is 2.27 bits per heavy atom. The summed E-state index contributed by atoms with van der Waals surface area (Å²) in [7, 11) is 0. The zero-order valence-electron chi connectivity index (χ0n) is 14.0. The molecule has 1 aliphatic carbocycles. The smallest absolute Gasteiger partial charge is 0.0414 e. The first-order valence-electron chi connectivity index (χ1n) is 9.44. The minimum Gasteiger partial charge on any atom is -0.371 e. The van der Waals surface area contributed by atoms with Crippen LogP contribution in [0, 0.1) is 5.92 Å². The Morgan fingerprint density at radius 1 is 0.909 bits per heavy atom. The Hall–Kier alpha value is -1.02. The molecular formula is C20H32N2. The van der Waals surface area contributed by atoms with Crippen molar-refractivity contribution < 1.29 is 0 Å². The maximum atomic E-state index is 6.66. The van der Waals surface area contributed by atoms with Crippen LogP contribution < -0.4 is 10.6 Å². The molecule has 0 bridgehead atoms. The molecule has 1 aromatic rings. The highest BCUT2D eigenvalue weighted by atomic mass is 15.1. The molecule has 2 nitrogen and oxygen atoms in total. The molecule has 1 aliphatic heterocycles. The van der Waals surface area contributed by atoms with Crippen LogP contribution in [0.25, 0.3) is 0 Å². The van der Waals surface area contributed by atoms with Crippen molar-refractivity contribution in [3.8, 4) is 0 Å². The van der Waals surface area contributed by atoms with Crippen molar-refractivity contribution in [2.24, 2.45) is 11.7 Å². The quantitative estimate of drug-likeness (QED) is 0.790. The number of nitrogens with zero attached hydrogens (tertiary/aromatic N) is 1. The first-order valence-corrected chi connectivity index (χ1v) is 9.44. The third-order valence-corrected chi connectivity index (χ3v) is 5.59. The van der Waals surface area contributed by atoms with Crippen LogP contribution in [-0.4, -0.2) is 13.1 Å². The number of rotatable bonds is 4. The number of nitrogens with two attached hydrogens (primary N) is 1. The number of hydrogen-bond acceptors (Lipinski definition) is 2. The summed E-state index contributed by atoms with van der Waals surface area (Å²) in [6.07, 6.45) is 13.7. The van der Waals surface area contributed by atoms with Crippen LogP contribution in [-0.2, 0) is 0 Å². The van der Waals surface area contributed by atoms with Crippen LogP contribution in [0.2, 0.25) is 0 Å². The first-order chi connectivity index (χ1) is 10.8. The van der Waals surface area contributed by atoms with Gasteiger partial charge in [0.1, 0.15) is 0 Å². The van der Waals surface area contributed by atoms with Crippen molar-refractivity contribution in [2.75, 3.05) is 18.0 Å². The summed E-state index contributed by atoms with van der Waals surface area (Å²) in [6.45, 7) is 2.40. The van der Waals surface area contributed by atoms with Gasteiger partial charge in [-0.15, -0.1) is 0 Å². The average Bonchev–Trinajstić information content (AvgIpc) is 2.84. The fourth-order valence-electron chi connectivity index (χ4n) is 4.31. The normalized spacial score (nSPS) is 22.3. The summed E-state index contributed by atoms with van der Waals surface area (Å²) in [5.74, 6) is 0.840. The highest BCUT2D eigenvalue weighted by Gasteiger charge is 2.21. The lowest BCUT2D eigenvalue weighted by molar-refractivity contribution is 0.392. The van der Waals surface area contributed by atoms with Crippen molar-refractivity contribution in [3.05, 3.63) is 29.8 Å². The van der Waals surface area contributed by atoms with E-state index in [1.807, 2.05) is 0 Å². The van der Waals surface area contributed by atoms with Crippen molar-refractivity contribution in [1.29, 1.82) is 0 Å². The summed E-state index contributed by atoms with van der Waals surface area (Å²) in [5.41, 5.74) is 9.45. The fraction of sp³-hybridized carbons (Fsp3) is 0.700. The molecule has 1 saturated heterocycles. The van der Waals surface area contributed by atoms with Gasteiger partial charge in [-0.05, 0) is 43.2 Å². The molecule has 2 N–H and O–H groups in total. The predicted molar refractivity (Wildman–Crippen MR) is 95.2 cm³/mol. The molecule has 1 unspecified atom stereocenters. The van der Waals surface area contributed by atoms with Crippen LogP contribution in [0.5, 0.6) is 0 Å². The molecule has 0 amide bonds. The Morgan fingerprint density at radius 2 is 1.55 bits per heavy atom. The second kappa shape index (κ2) is 8.01. The van der Waals surface area contributed by atoms with Crippen molar-refractivity contribution in [3.63, 3.8) is 0 Å². The minimum atomic E-state index is 0.209. The standard InChI is InChI=1S/C20H32N2/c21-19(16-17-10-4-1-2-5-11-17)18-12-6-7-13-20(18)22-14-8-3-9-15-22/h6-7,12-13,17,19H,1-5,8-11,14-16,21H2. The Bertz CT molecular complexity index is 443. The van der Waals surface area contributed by atoms with Crippen LogP contribution in [0.1, 0.15) is 75.8 Å². The van der Waals surface area contributed by atoms with Gasteiger partial charge in [-0.3, -0.25) is 0 Å². The van der Waals surface area contributed by atoms with Gasteiger partial charge >= 0.3 is 0 Å². The Labute approximate surface area is 136 Å². The maximum Gasteiger partial charge on any atom is 0.0414 e. The van der Waals surface area contributed by atoms with Gasteiger partial charge in [0.15, 0.2) is 0 Å². The molecule has 0 aromatic heterocycles. The molecule has 22 heavy (non-hydrogen) atoms.